The van der Waals surface area contributed by atoms with Crippen LogP contribution in [-0.4, -0.2) is 11.3 Å². The average Bonchev–Trinajstić information content (AvgIpc) is 2.68. The number of benzene rings is 2. The van der Waals surface area contributed by atoms with Gasteiger partial charge in [0, 0.05) is 11.1 Å². The lowest BCUT2D eigenvalue weighted by molar-refractivity contribution is -0.114. The minimum atomic E-state index is -0.658. The van der Waals surface area contributed by atoms with Crippen LogP contribution in [-0.2, 0) is 4.79 Å². The molecule has 0 aromatic heterocycles. The maximum absolute atomic E-state index is 13.5. The van der Waals surface area contributed by atoms with Crippen molar-refractivity contribution in [3.05, 3.63) is 83.5 Å². The number of hydrogen-bond acceptors (Lipinski definition) is 3. The van der Waals surface area contributed by atoms with Crippen LogP contribution in [0.3, 0.4) is 0 Å². The van der Waals surface area contributed by atoms with E-state index in [0.717, 1.165) is 28.1 Å². The van der Waals surface area contributed by atoms with E-state index >= 15 is 0 Å². The van der Waals surface area contributed by atoms with E-state index in [2.05, 4.69) is 71.1 Å². The van der Waals surface area contributed by atoms with Crippen molar-refractivity contribution in [1.82, 2.24) is 0 Å². The van der Waals surface area contributed by atoms with Gasteiger partial charge in [-0.25, -0.2) is 0 Å². The van der Waals surface area contributed by atoms with Crippen molar-refractivity contribution in [2.75, 3.05) is 5.32 Å². The summed E-state index contributed by atoms with van der Waals surface area (Å²) in [7, 11) is 0. The number of hydrogen-bond donors (Lipinski definition) is 1. The quantitative estimate of drug-likeness (QED) is 0.593. The molecule has 0 fully saturated rings. The van der Waals surface area contributed by atoms with Gasteiger partial charge >= 0.3 is 0 Å². The Morgan fingerprint density at radius 3 is 1.90 bits per heavy atom. The maximum Gasteiger partial charge on any atom is 0.185 e. The molecule has 1 N–H and O–H groups in total. The third kappa shape index (κ3) is 3.47. The van der Waals surface area contributed by atoms with Crippen molar-refractivity contribution in [2.24, 2.45) is 10.8 Å². The molecule has 3 heteroatoms. The number of allylic oxidation sites excluding steroid dienone is 2. The number of carbonyl (C=O) groups is 1. The zero-order chi connectivity index (χ0) is 21.7. The lowest BCUT2D eigenvalue weighted by atomic mass is 9.67. The number of ether oxygens (including phenoxy) is 1. The van der Waals surface area contributed by atoms with Crippen molar-refractivity contribution < 1.29 is 9.53 Å². The SMILES string of the molecule is CC(C)(C)C1=CC2(C=C(C(C)(C)C)C1=O)Nc1ccccc1OC2c1ccccc1. The molecule has 1 unspecified atom stereocenters. The van der Waals surface area contributed by atoms with Crippen LogP contribution in [0.5, 0.6) is 5.75 Å². The molecule has 4 rings (SSSR count). The lowest BCUT2D eigenvalue weighted by Gasteiger charge is -2.47. The maximum atomic E-state index is 13.5. The third-order valence-corrected chi connectivity index (χ3v) is 5.89. The number of ketones is 1. The summed E-state index contributed by atoms with van der Waals surface area (Å²) in [6.07, 6.45) is 3.92. The summed E-state index contributed by atoms with van der Waals surface area (Å²) in [5.41, 5.74) is 2.44. The van der Waals surface area contributed by atoms with Crippen molar-refractivity contribution >= 4 is 11.5 Å². The number of nitrogens with one attached hydrogen (secondary N) is 1. The number of fused-ring (bicyclic) bond motifs is 1. The van der Waals surface area contributed by atoms with Gasteiger partial charge < -0.3 is 10.1 Å². The number of para-hydroxylation sites is 2. The Balaban J connectivity index is 2.00. The molecule has 1 spiro atoms. The second-order valence-corrected chi connectivity index (χ2v) is 10.4. The van der Waals surface area contributed by atoms with Gasteiger partial charge in [0.1, 0.15) is 11.3 Å². The first-order chi connectivity index (χ1) is 14.0. The molecule has 0 radical (unpaired) electrons. The van der Waals surface area contributed by atoms with Crippen LogP contribution in [0.4, 0.5) is 5.69 Å². The first-order valence-corrected chi connectivity index (χ1v) is 10.6. The van der Waals surface area contributed by atoms with E-state index in [-0.39, 0.29) is 22.7 Å². The number of rotatable bonds is 1. The smallest absolute Gasteiger partial charge is 0.185 e. The largest absolute Gasteiger partial charge is 0.480 e. The van der Waals surface area contributed by atoms with Gasteiger partial charge in [-0.1, -0.05) is 84.0 Å². The van der Waals surface area contributed by atoms with E-state index in [9.17, 15) is 4.79 Å². The van der Waals surface area contributed by atoms with E-state index in [1.807, 2.05) is 42.5 Å². The monoisotopic (exact) mass is 401 g/mol. The highest BCUT2D eigenvalue weighted by Gasteiger charge is 2.48. The molecule has 0 bridgehead atoms. The van der Waals surface area contributed by atoms with Crippen molar-refractivity contribution in [1.29, 1.82) is 0 Å². The Labute approximate surface area is 179 Å². The molecule has 1 aliphatic heterocycles. The predicted octanol–water partition coefficient (Wildman–Crippen LogP) is 6.50. The molecule has 1 heterocycles. The first kappa shape index (κ1) is 20.5. The molecule has 0 saturated heterocycles. The lowest BCUT2D eigenvalue weighted by Crippen LogP contribution is -2.50. The van der Waals surface area contributed by atoms with Crippen LogP contribution in [0.1, 0.15) is 53.2 Å². The molecular weight excluding hydrogens is 370 g/mol. The van der Waals surface area contributed by atoms with Crippen LogP contribution in [0.25, 0.3) is 0 Å². The Hall–Kier alpha value is -2.81. The highest BCUT2D eigenvalue weighted by molar-refractivity contribution is 6.11. The number of Topliss-reactive ketones (excluding diaryl/α,β-unsaturated/α-hetero) is 1. The molecule has 3 nitrogen and oxygen atoms in total. The molecule has 0 saturated carbocycles. The molecule has 1 atom stereocenters. The standard InChI is InChI=1S/C27H31NO2/c1-25(2,3)19-16-27(17-20(23(19)29)26(4,5)6)24(18-12-8-7-9-13-18)30-22-15-11-10-14-21(22)28-27/h7-17,24,28H,1-6H3. The van der Waals surface area contributed by atoms with Gasteiger partial charge in [0.25, 0.3) is 0 Å². The van der Waals surface area contributed by atoms with Crippen LogP contribution in [0.2, 0.25) is 0 Å². The Kier molecular flexibility index (Phi) is 4.68. The Bertz CT molecular complexity index is 999. The average molecular weight is 402 g/mol. The number of carbonyl (C=O) groups excluding carboxylic acids is 1. The zero-order valence-electron chi connectivity index (χ0n) is 18.7. The van der Waals surface area contributed by atoms with E-state index in [4.69, 9.17) is 4.74 Å². The highest BCUT2D eigenvalue weighted by atomic mass is 16.5. The minimum absolute atomic E-state index is 0.132. The van der Waals surface area contributed by atoms with Crippen LogP contribution < -0.4 is 10.1 Å². The normalized spacial score (nSPS) is 20.6. The van der Waals surface area contributed by atoms with Crippen LogP contribution in [0.15, 0.2) is 77.9 Å². The fourth-order valence-corrected chi connectivity index (χ4v) is 4.30. The third-order valence-electron chi connectivity index (χ3n) is 5.89. The molecule has 1 aliphatic carbocycles. The molecule has 2 aromatic rings. The molecule has 2 aromatic carbocycles. The topological polar surface area (TPSA) is 38.3 Å². The van der Waals surface area contributed by atoms with E-state index < -0.39 is 5.54 Å². The molecular formula is C27H31NO2. The molecule has 0 amide bonds. The summed E-state index contributed by atoms with van der Waals surface area (Å²) >= 11 is 0. The first-order valence-electron chi connectivity index (χ1n) is 10.6. The predicted molar refractivity (Wildman–Crippen MR) is 123 cm³/mol. The van der Waals surface area contributed by atoms with Crippen molar-refractivity contribution in [2.45, 2.75) is 53.2 Å². The second kappa shape index (κ2) is 6.87. The van der Waals surface area contributed by atoms with E-state index in [1.165, 1.54) is 0 Å². The van der Waals surface area contributed by atoms with Crippen molar-refractivity contribution in [3.8, 4) is 5.75 Å². The zero-order valence-corrected chi connectivity index (χ0v) is 18.7. The summed E-state index contributed by atoms with van der Waals surface area (Å²) in [6, 6.07) is 18.3. The van der Waals surface area contributed by atoms with Gasteiger partial charge in [0.15, 0.2) is 11.9 Å². The second-order valence-electron chi connectivity index (χ2n) is 10.4. The molecule has 2 aliphatic rings. The minimum Gasteiger partial charge on any atom is -0.480 e. The highest BCUT2D eigenvalue weighted by Crippen LogP contribution is 2.50. The van der Waals surface area contributed by atoms with Gasteiger partial charge in [-0.2, -0.15) is 0 Å². The summed E-state index contributed by atoms with van der Waals surface area (Å²) in [5, 5.41) is 3.76. The van der Waals surface area contributed by atoms with Crippen LogP contribution in [0, 0.1) is 10.8 Å². The Morgan fingerprint density at radius 1 is 0.800 bits per heavy atom. The van der Waals surface area contributed by atoms with Gasteiger partial charge in [0.05, 0.1) is 5.69 Å². The molecule has 156 valence electrons. The van der Waals surface area contributed by atoms with Gasteiger partial charge in [0.2, 0.25) is 0 Å². The summed E-state index contributed by atoms with van der Waals surface area (Å²) in [5.74, 6) is 0.957. The van der Waals surface area contributed by atoms with Crippen LogP contribution >= 0.6 is 0 Å². The summed E-state index contributed by atoms with van der Waals surface area (Å²) in [4.78, 5) is 13.5. The van der Waals surface area contributed by atoms with Gasteiger partial charge in [-0.05, 0) is 40.7 Å². The summed E-state index contributed by atoms with van der Waals surface area (Å²) < 4.78 is 6.61. The van der Waals surface area contributed by atoms with E-state index in [0.29, 0.717) is 0 Å². The number of anilines is 1. The fraction of sp³-hybridized carbons (Fsp3) is 0.370. The fourth-order valence-electron chi connectivity index (χ4n) is 4.30. The van der Waals surface area contributed by atoms with Crippen molar-refractivity contribution in [3.63, 3.8) is 0 Å². The van der Waals surface area contributed by atoms with E-state index in [1.54, 1.807) is 0 Å². The molecule has 30 heavy (non-hydrogen) atoms. The Morgan fingerprint density at radius 2 is 1.33 bits per heavy atom. The summed E-state index contributed by atoms with van der Waals surface area (Å²) in [6.45, 7) is 12.6. The van der Waals surface area contributed by atoms with Gasteiger partial charge in [-0.3, -0.25) is 4.79 Å². The van der Waals surface area contributed by atoms with Gasteiger partial charge in [-0.15, -0.1) is 0 Å².